The average Bonchev–Trinajstić information content (AvgIpc) is 2.85. The van der Waals surface area contributed by atoms with E-state index in [9.17, 15) is 4.39 Å². The number of benzene rings is 1. The molecule has 0 amide bonds. The van der Waals surface area contributed by atoms with Gasteiger partial charge >= 0.3 is 0 Å². The smallest absolute Gasteiger partial charge is 0.124 e. The Balaban J connectivity index is 2.26. The predicted molar refractivity (Wildman–Crippen MR) is 86.9 cm³/mol. The first-order valence-electron chi connectivity index (χ1n) is 7.23. The highest BCUT2D eigenvalue weighted by molar-refractivity contribution is 7.19. The van der Waals surface area contributed by atoms with Gasteiger partial charge in [-0.1, -0.05) is 32.1 Å². The fourth-order valence-corrected chi connectivity index (χ4v) is 3.39. The molecule has 3 heteroatoms. The quantitative estimate of drug-likeness (QED) is 0.670. The maximum atomic E-state index is 13.3. The summed E-state index contributed by atoms with van der Waals surface area (Å²) in [5.41, 5.74) is 1.25. The molecule has 0 fully saturated rings. The third kappa shape index (κ3) is 3.68. The highest BCUT2D eigenvalue weighted by Crippen LogP contribution is 2.33. The van der Waals surface area contributed by atoms with Crippen molar-refractivity contribution < 1.29 is 4.39 Å². The van der Waals surface area contributed by atoms with Crippen LogP contribution >= 0.6 is 11.3 Å². The van der Waals surface area contributed by atoms with Crippen molar-refractivity contribution in [1.82, 2.24) is 5.32 Å². The zero-order valence-electron chi connectivity index (χ0n) is 12.2. The zero-order chi connectivity index (χ0) is 14.5. The highest BCUT2D eigenvalue weighted by Gasteiger charge is 2.15. The lowest BCUT2D eigenvalue weighted by Gasteiger charge is -2.18. The van der Waals surface area contributed by atoms with Gasteiger partial charge in [-0.15, -0.1) is 11.3 Å². The van der Waals surface area contributed by atoms with Gasteiger partial charge in [-0.3, -0.25) is 0 Å². The Labute approximate surface area is 124 Å². The summed E-state index contributed by atoms with van der Waals surface area (Å²) in [6, 6.07) is 7.47. The molecule has 1 aromatic carbocycles. The van der Waals surface area contributed by atoms with Crippen molar-refractivity contribution in [3.8, 4) is 0 Å². The van der Waals surface area contributed by atoms with Gasteiger partial charge in [0.05, 0.1) is 0 Å². The molecular weight excluding hydrogens is 269 g/mol. The standard InChI is InChI=1S/C17H22FNS/c1-4-8-19-15(9-12(3)5-2)17-10-13-6-7-14(18)11-16(13)20-17/h6-7,10-11,15,19H,3-5,8-9H2,1-2H3. The van der Waals surface area contributed by atoms with Gasteiger partial charge in [0.25, 0.3) is 0 Å². The van der Waals surface area contributed by atoms with E-state index in [1.54, 1.807) is 17.4 Å². The molecule has 0 spiro atoms. The van der Waals surface area contributed by atoms with E-state index in [-0.39, 0.29) is 5.82 Å². The van der Waals surface area contributed by atoms with E-state index < -0.39 is 0 Å². The van der Waals surface area contributed by atoms with Crippen LogP contribution in [0.15, 0.2) is 36.4 Å². The molecule has 0 aliphatic heterocycles. The molecule has 108 valence electrons. The molecule has 0 bridgehead atoms. The summed E-state index contributed by atoms with van der Waals surface area (Å²) in [5.74, 6) is -0.165. The van der Waals surface area contributed by atoms with E-state index in [1.807, 2.05) is 6.07 Å². The van der Waals surface area contributed by atoms with Crippen LogP contribution in [0.5, 0.6) is 0 Å². The molecule has 1 nitrogen and oxygen atoms in total. The third-order valence-electron chi connectivity index (χ3n) is 3.48. The summed E-state index contributed by atoms with van der Waals surface area (Å²) < 4.78 is 14.3. The molecule has 1 heterocycles. The normalized spacial score (nSPS) is 12.8. The minimum absolute atomic E-state index is 0.165. The molecule has 2 aromatic rings. The second kappa shape index (κ2) is 7.00. The molecular formula is C17H22FNS. The summed E-state index contributed by atoms with van der Waals surface area (Å²) in [6.45, 7) is 9.41. The van der Waals surface area contributed by atoms with Crippen molar-refractivity contribution in [3.63, 3.8) is 0 Å². The number of fused-ring (bicyclic) bond motifs is 1. The molecule has 1 N–H and O–H groups in total. The van der Waals surface area contributed by atoms with Gasteiger partial charge in [-0.2, -0.15) is 0 Å². The van der Waals surface area contributed by atoms with Gasteiger partial charge < -0.3 is 5.32 Å². The number of rotatable bonds is 7. The van der Waals surface area contributed by atoms with E-state index >= 15 is 0 Å². The number of nitrogens with one attached hydrogen (secondary N) is 1. The summed E-state index contributed by atoms with van der Waals surface area (Å²) in [5, 5.41) is 4.70. The van der Waals surface area contributed by atoms with Crippen molar-refractivity contribution in [1.29, 1.82) is 0 Å². The van der Waals surface area contributed by atoms with Crippen LogP contribution in [0.1, 0.15) is 44.0 Å². The van der Waals surface area contributed by atoms with E-state index in [4.69, 9.17) is 0 Å². The number of thiophene rings is 1. The molecule has 2 rings (SSSR count). The fourth-order valence-electron chi connectivity index (χ4n) is 2.22. The van der Waals surface area contributed by atoms with Gasteiger partial charge in [-0.05, 0) is 49.4 Å². The van der Waals surface area contributed by atoms with Gasteiger partial charge in [0.15, 0.2) is 0 Å². The van der Waals surface area contributed by atoms with Crippen molar-refractivity contribution in [2.75, 3.05) is 6.54 Å². The Bertz CT molecular complexity index is 588. The lowest BCUT2D eigenvalue weighted by atomic mass is 10.0. The Morgan fingerprint density at radius 3 is 2.85 bits per heavy atom. The summed E-state index contributed by atoms with van der Waals surface area (Å²) in [6.07, 6.45) is 3.06. The lowest BCUT2D eigenvalue weighted by Crippen LogP contribution is -2.21. The van der Waals surface area contributed by atoms with Gasteiger partial charge in [0.2, 0.25) is 0 Å². The first kappa shape index (κ1) is 15.2. The van der Waals surface area contributed by atoms with Crippen LogP contribution in [-0.2, 0) is 0 Å². The molecule has 1 unspecified atom stereocenters. The van der Waals surface area contributed by atoms with E-state index in [2.05, 4.69) is 31.8 Å². The summed E-state index contributed by atoms with van der Waals surface area (Å²) in [4.78, 5) is 1.27. The highest BCUT2D eigenvalue weighted by atomic mass is 32.1. The molecule has 20 heavy (non-hydrogen) atoms. The Hall–Kier alpha value is -1.19. The van der Waals surface area contributed by atoms with Gasteiger partial charge in [0, 0.05) is 15.6 Å². The Kier molecular flexibility index (Phi) is 5.32. The van der Waals surface area contributed by atoms with Crippen LogP contribution in [0.3, 0.4) is 0 Å². The summed E-state index contributed by atoms with van der Waals surface area (Å²) >= 11 is 1.68. The molecule has 0 radical (unpaired) electrons. The molecule has 0 aliphatic rings. The van der Waals surface area contributed by atoms with Crippen LogP contribution < -0.4 is 5.32 Å². The SMILES string of the molecule is C=C(CC)CC(NCCC)c1cc2ccc(F)cc2s1. The molecule has 0 saturated heterocycles. The second-order valence-corrected chi connectivity index (χ2v) is 6.26. The minimum atomic E-state index is -0.165. The van der Waals surface area contributed by atoms with Crippen molar-refractivity contribution in [3.05, 3.63) is 47.1 Å². The largest absolute Gasteiger partial charge is 0.309 e. The second-order valence-electron chi connectivity index (χ2n) is 5.15. The molecule has 0 aliphatic carbocycles. The number of hydrogen-bond acceptors (Lipinski definition) is 2. The maximum absolute atomic E-state index is 13.3. The summed E-state index contributed by atoms with van der Waals surface area (Å²) in [7, 11) is 0. The minimum Gasteiger partial charge on any atom is -0.309 e. The maximum Gasteiger partial charge on any atom is 0.124 e. The van der Waals surface area contributed by atoms with E-state index in [0.717, 1.165) is 35.9 Å². The predicted octanol–water partition coefficient (Wildman–Crippen LogP) is 5.44. The van der Waals surface area contributed by atoms with Gasteiger partial charge in [0.1, 0.15) is 5.82 Å². The zero-order valence-corrected chi connectivity index (χ0v) is 13.0. The monoisotopic (exact) mass is 291 g/mol. The third-order valence-corrected chi connectivity index (χ3v) is 4.69. The Morgan fingerprint density at radius 2 is 2.15 bits per heavy atom. The molecule has 1 aromatic heterocycles. The van der Waals surface area contributed by atoms with Crippen LogP contribution in [0.4, 0.5) is 4.39 Å². The lowest BCUT2D eigenvalue weighted by molar-refractivity contribution is 0.531. The van der Waals surface area contributed by atoms with Crippen LogP contribution in [0.25, 0.3) is 10.1 Å². The topological polar surface area (TPSA) is 12.0 Å². The van der Waals surface area contributed by atoms with Gasteiger partial charge in [-0.25, -0.2) is 4.39 Å². The van der Waals surface area contributed by atoms with Crippen molar-refractivity contribution in [2.24, 2.45) is 0 Å². The number of halogens is 1. The molecule has 1 atom stereocenters. The first-order chi connectivity index (χ1) is 9.63. The van der Waals surface area contributed by atoms with Crippen LogP contribution in [0.2, 0.25) is 0 Å². The molecule has 0 saturated carbocycles. The van der Waals surface area contributed by atoms with Crippen molar-refractivity contribution in [2.45, 2.75) is 39.2 Å². The fraction of sp³-hybridized carbons (Fsp3) is 0.412. The average molecular weight is 291 g/mol. The van der Waals surface area contributed by atoms with E-state index in [0.29, 0.717) is 6.04 Å². The number of hydrogen-bond donors (Lipinski definition) is 1. The van der Waals surface area contributed by atoms with Crippen LogP contribution in [-0.4, -0.2) is 6.54 Å². The van der Waals surface area contributed by atoms with Crippen molar-refractivity contribution >= 4 is 21.4 Å². The Morgan fingerprint density at radius 1 is 1.35 bits per heavy atom. The first-order valence-corrected chi connectivity index (χ1v) is 8.04. The van der Waals surface area contributed by atoms with E-state index in [1.165, 1.54) is 16.5 Å². The van der Waals surface area contributed by atoms with Crippen LogP contribution in [0, 0.1) is 5.82 Å².